The molecular formula is C13H11N3O3. The minimum atomic E-state index is -0.275. The predicted molar refractivity (Wildman–Crippen MR) is 70.7 cm³/mol. The summed E-state index contributed by atoms with van der Waals surface area (Å²) >= 11 is 0. The number of ether oxygens (including phenoxy) is 1. The lowest BCUT2D eigenvalue weighted by Gasteiger charge is -2.02. The Bertz CT molecular complexity index is 861. The van der Waals surface area contributed by atoms with E-state index in [1.165, 1.54) is 17.8 Å². The maximum absolute atomic E-state index is 12.0. The van der Waals surface area contributed by atoms with Gasteiger partial charge in [0.25, 0.3) is 5.56 Å². The van der Waals surface area contributed by atoms with Gasteiger partial charge in [-0.15, -0.1) is 0 Å². The zero-order chi connectivity index (χ0) is 13.6. The number of nitrogens with one attached hydrogen (secondary N) is 1. The fourth-order valence-electron chi connectivity index (χ4n) is 2.05. The molecule has 0 radical (unpaired) electrons. The summed E-state index contributed by atoms with van der Waals surface area (Å²) < 4.78 is 6.29. The molecule has 1 N–H and O–H groups in total. The van der Waals surface area contributed by atoms with Crippen LogP contribution in [0.2, 0.25) is 0 Å². The van der Waals surface area contributed by atoms with Gasteiger partial charge in [-0.2, -0.15) is 5.10 Å². The van der Waals surface area contributed by atoms with Crippen molar-refractivity contribution in [3.8, 4) is 5.75 Å². The quantitative estimate of drug-likeness (QED) is 0.717. The van der Waals surface area contributed by atoms with Gasteiger partial charge in [-0.1, -0.05) is 0 Å². The fourth-order valence-corrected chi connectivity index (χ4v) is 2.05. The molecule has 0 unspecified atom stereocenters. The minimum Gasteiger partial charge on any atom is -0.497 e. The maximum Gasteiger partial charge on any atom is 0.259 e. The molecule has 6 nitrogen and oxygen atoms in total. The second-order valence-electron chi connectivity index (χ2n) is 4.22. The highest BCUT2D eigenvalue weighted by atomic mass is 16.5. The van der Waals surface area contributed by atoms with E-state index < -0.39 is 0 Å². The van der Waals surface area contributed by atoms with Crippen molar-refractivity contribution in [1.82, 2.24) is 14.8 Å². The Morgan fingerprint density at radius 1 is 1.37 bits per heavy atom. The second-order valence-corrected chi connectivity index (χ2v) is 4.22. The van der Waals surface area contributed by atoms with Crippen molar-refractivity contribution in [2.24, 2.45) is 0 Å². The highest BCUT2D eigenvalue weighted by molar-refractivity contribution is 6.03. The summed E-state index contributed by atoms with van der Waals surface area (Å²) in [4.78, 5) is 26.1. The summed E-state index contributed by atoms with van der Waals surface area (Å²) in [6, 6.07) is 5.32. The molecule has 0 atom stereocenters. The number of rotatable bonds is 1. The number of carbonyl (C=O) groups excluding carboxylic acids is 1. The van der Waals surface area contributed by atoms with Crippen molar-refractivity contribution >= 4 is 27.7 Å². The van der Waals surface area contributed by atoms with Gasteiger partial charge in [0, 0.05) is 24.6 Å². The maximum atomic E-state index is 12.0. The Hall–Kier alpha value is -2.63. The van der Waals surface area contributed by atoms with Gasteiger partial charge in [-0.05, 0) is 12.1 Å². The van der Waals surface area contributed by atoms with E-state index in [1.807, 2.05) is 6.07 Å². The number of H-pyrrole nitrogens is 1. The SMILES string of the molecule is COc1ccc2c(c1)[nH]c(=O)c1cn(C(C)=O)nc12. The van der Waals surface area contributed by atoms with Gasteiger partial charge in [0.2, 0.25) is 5.91 Å². The van der Waals surface area contributed by atoms with E-state index in [0.29, 0.717) is 22.2 Å². The third-order valence-corrected chi connectivity index (χ3v) is 3.01. The molecule has 3 aromatic rings. The lowest BCUT2D eigenvalue weighted by Crippen LogP contribution is -2.05. The second kappa shape index (κ2) is 3.94. The molecule has 2 aromatic heterocycles. The van der Waals surface area contributed by atoms with E-state index in [9.17, 15) is 9.59 Å². The molecule has 0 aliphatic rings. The standard InChI is InChI=1S/C13H11N3O3/c1-7(17)16-6-10-12(15-16)9-4-3-8(19-2)5-11(9)14-13(10)18/h3-6H,1-2H3,(H,14,18). The molecule has 0 saturated heterocycles. The molecule has 0 bridgehead atoms. The molecule has 1 aromatic carbocycles. The van der Waals surface area contributed by atoms with Crippen molar-refractivity contribution in [3.05, 3.63) is 34.7 Å². The Labute approximate surface area is 107 Å². The number of aromatic nitrogens is 3. The summed E-state index contributed by atoms with van der Waals surface area (Å²) in [7, 11) is 1.56. The van der Waals surface area contributed by atoms with Crippen LogP contribution in [0.3, 0.4) is 0 Å². The summed E-state index contributed by atoms with van der Waals surface area (Å²) in [6.45, 7) is 1.39. The molecule has 0 aliphatic heterocycles. The largest absolute Gasteiger partial charge is 0.497 e. The first-order valence-electron chi connectivity index (χ1n) is 5.70. The third-order valence-electron chi connectivity index (χ3n) is 3.01. The van der Waals surface area contributed by atoms with Gasteiger partial charge in [0.15, 0.2) is 0 Å². The molecule has 0 spiro atoms. The molecule has 0 amide bonds. The summed E-state index contributed by atoms with van der Waals surface area (Å²) in [5, 5.41) is 5.33. The van der Waals surface area contributed by atoms with Crippen LogP contribution in [0.5, 0.6) is 5.75 Å². The van der Waals surface area contributed by atoms with E-state index in [2.05, 4.69) is 10.1 Å². The van der Waals surface area contributed by atoms with Crippen LogP contribution in [0.25, 0.3) is 21.8 Å². The minimum absolute atomic E-state index is 0.239. The van der Waals surface area contributed by atoms with Crippen LogP contribution < -0.4 is 10.3 Å². The summed E-state index contributed by atoms with van der Waals surface area (Å²) in [6.07, 6.45) is 1.44. The van der Waals surface area contributed by atoms with Gasteiger partial charge in [0.1, 0.15) is 11.3 Å². The number of hydrogen-bond acceptors (Lipinski definition) is 4. The monoisotopic (exact) mass is 257 g/mol. The first kappa shape index (κ1) is 11.5. The van der Waals surface area contributed by atoms with Gasteiger partial charge in [-0.25, -0.2) is 4.68 Å². The smallest absolute Gasteiger partial charge is 0.259 e. The topological polar surface area (TPSA) is 77.0 Å². The van der Waals surface area contributed by atoms with Gasteiger partial charge >= 0.3 is 0 Å². The number of fused-ring (bicyclic) bond motifs is 3. The van der Waals surface area contributed by atoms with Crippen LogP contribution >= 0.6 is 0 Å². The molecule has 19 heavy (non-hydrogen) atoms. The fraction of sp³-hybridized carbons (Fsp3) is 0.154. The average molecular weight is 257 g/mol. The van der Waals surface area contributed by atoms with Crippen LogP contribution in [0.1, 0.15) is 11.7 Å². The zero-order valence-corrected chi connectivity index (χ0v) is 10.4. The lowest BCUT2D eigenvalue weighted by atomic mass is 10.1. The molecule has 0 fully saturated rings. The van der Waals surface area contributed by atoms with E-state index >= 15 is 0 Å². The van der Waals surface area contributed by atoms with Crippen molar-refractivity contribution < 1.29 is 9.53 Å². The van der Waals surface area contributed by atoms with Crippen molar-refractivity contribution in [2.75, 3.05) is 7.11 Å². The van der Waals surface area contributed by atoms with Gasteiger partial charge in [0.05, 0.1) is 18.0 Å². The highest BCUT2D eigenvalue weighted by Gasteiger charge is 2.11. The molecule has 0 aliphatic carbocycles. The summed E-state index contributed by atoms with van der Waals surface area (Å²) in [5.74, 6) is 0.408. The van der Waals surface area contributed by atoms with Crippen LogP contribution in [-0.4, -0.2) is 27.8 Å². The Balaban J connectivity index is 2.45. The molecule has 2 heterocycles. The highest BCUT2D eigenvalue weighted by Crippen LogP contribution is 2.23. The number of hydrogen-bond donors (Lipinski definition) is 1. The predicted octanol–water partition coefficient (Wildman–Crippen LogP) is 1.55. The number of nitrogens with zero attached hydrogens (tertiary/aromatic N) is 2. The Kier molecular flexibility index (Phi) is 2.38. The Morgan fingerprint density at radius 3 is 2.84 bits per heavy atom. The molecule has 6 heteroatoms. The third kappa shape index (κ3) is 1.69. The number of aromatic amines is 1. The van der Waals surface area contributed by atoms with E-state index in [1.54, 1.807) is 19.2 Å². The number of methoxy groups -OCH3 is 1. The first-order chi connectivity index (χ1) is 9.10. The Morgan fingerprint density at radius 2 is 2.16 bits per heavy atom. The van der Waals surface area contributed by atoms with Gasteiger partial charge < -0.3 is 9.72 Å². The van der Waals surface area contributed by atoms with Crippen LogP contribution in [0.4, 0.5) is 0 Å². The van der Waals surface area contributed by atoms with Crippen molar-refractivity contribution in [3.63, 3.8) is 0 Å². The zero-order valence-electron chi connectivity index (χ0n) is 10.4. The molecular weight excluding hydrogens is 246 g/mol. The molecule has 0 saturated carbocycles. The van der Waals surface area contributed by atoms with Crippen LogP contribution in [-0.2, 0) is 0 Å². The summed E-state index contributed by atoms with van der Waals surface area (Å²) in [5.41, 5.74) is 0.866. The molecule has 3 rings (SSSR count). The number of benzene rings is 1. The first-order valence-corrected chi connectivity index (χ1v) is 5.70. The van der Waals surface area contributed by atoms with Gasteiger partial charge in [-0.3, -0.25) is 9.59 Å². The molecule has 96 valence electrons. The van der Waals surface area contributed by atoms with E-state index in [4.69, 9.17) is 4.74 Å². The lowest BCUT2D eigenvalue weighted by molar-refractivity contribution is 0.0922. The van der Waals surface area contributed by atoms with Crippen LogP contribution in [0.15, 0.2) is 29.2 Å². The van der Waals surface area contributed by atoms with E-state index in [-0.39, 0.29) is 11.5 Å². The average Bonchev–Trinajstić information content (AvgIpc) is 2.84. The normalized spacial score (nSPS) is 11.1. The van der Waals surface area contributed by atoms with Crippen molar-refractivity contribution in [1.29, 1.82) is 0 Å². The van der Waals surface area contributed by atoms with E-state index in [0.717, 1.165) is 5.39 Å². The number of carbonyl (C=O) groups is 1. The van der Waals surface area contributed by atoms with Crippen molar-refractivity contribution in [2.45, 2.75) is 6.92 Å². The van der Waals surface area contributed by atoms with Crippen LogP contribution in [0, 0.1) is 0 Å². The number of pyridine rings is 1.